The summed E-state index contributed by atoms with van der Waals surface area (Å²) < 4.78 is 31.8. The predicted octanol–water partition coefficient (Wildman–Crippen LogP) is 5.64. The van der Waals surface area contributed by atoms with Crippen molar-refractivity contribution in [2.24, 2.45) is 0 Å². The lowest BCUT2D eigenvalue weighted by Gasteiger charge is -2.22. The molecule has 0 spiro atoms. The molecule has 1 amide bonds. The van der Waals surface area contributed by atoms with Crippen molar-refractivity contribution in [3.05, 3.63) is 95.9 Å². The molecule has 0 saturated carbocycles. The molecule has 3 aromatic heterocycles. The Kier molecular flexibility index (Phi) is 7.05. The highest BCUT2D eigenvalue weighted by Crippen LogP contribution is 2.42. The summed E-state index contributed by atoms with van der Waals surface area (Å²) in [5.41, 5.74) is 4.00. The highest BCUT2D eigenvalue weighted by atomic mass is 19.1. The number of oxazole rings is 1. The number of aromatic nitrogens is 3. The number of pyridine rings is 1. The number of H-pyrrole nitrogens is 1. The maximum absolute atomic E-state index is 14.5. The number of halogens is 1. The average Bonchev–Trinajstić information content (AvgIpc) is 3.60. The summed E-state index contributed by atoms with van der Waals surface area (Å²) in [7, 11) is 1.40. The van der Waals surface area contributed by atoms with E-state index in [1.165, 1.54) is 13.2 Å². The number of aromatic amines is 1. The van der Waals surface area contributed by atoms with Crippen LogP contribution in [0.3, 0.4) is 0 Å². The highest BCUT2D eigenvalue weighted by molar-refractivity contribution is 6.06. The first kappa shape index (κ1) is 26.4. The lowest BCUT2D eigenvalue weighted by atomic mass is 9.84. The summed E-state index contributed by atoms with van der Waals surface area (Å²) in [6.45, 7) is 2.94. The van der Waals surface area contributed by atoms with Gasteiger partial charge in [0.05, 0.1) is 53.7 Å². The molecular formula is C31H30FN5O4. The smallest absolute Gasteiger partial charge is 0.255 e. The first-order valence-corrected chi connectivity index (χ1v) is 13.5. The minimum absolute atomic E-state index is 0.0522. The normalized spacial score (nSPS) is 17.7. The van der Waals surface area contributed by atoms with Gasteiger partial charge in [0.1, 0.15) is 12.0 Å². The quantitative estimate of drug-likeness (QED) is 0.245. The van der Waals surface area contributed by atoms with Crippen LogP contribution < -0.4 is 20.1 Å². The third-order valence-corrected chi connectivity index (χ3v) is 7.36. The minimum Gasteiger partial charge on any atom is -0.492 e. The van der Waals surface area contributed by atoms with Gasteiger partial charge in [-0.15, -0.1) is 0 Å². The van der Waals surface area contributed by atoms with Gasteiger partial charge in [-0.1, -0.05) is 30.4 Å². The van der Waals surface area contributed by atoms with E-state index in [1.807, 2.05) is 18.2 Å². The van der Waals surface area contributed by atoms with Crippen molar-refractivity contribution in [3.8, 4) is 22.8 Å². The van der Waals surface area contributed by atoms with Crippen LogP contribution >= 0.6 is 0 Å². The number of hydrogen-bond donors (Lipinski definition) is 3. The predicted molar refractivity (Wildman–Crippen MR) is 152 cm³/mol. The first-order chi connectivity index (χ1) is 20.0. The van der Waals surface area contributed by atoms with Crippen LogP contribution in [0.4, 0.5) is 15.8 Å². The second-order valence-electron chi connectivity index (χ2n) is 10.2. The van der Waals surface area contributed by atoms with Gasteiger partial charge in [-0.25, -0.2) is 9.37 Å². The SMILES string of the molecule is COc1c(F)cccc1Nc1c(-c2ccncc2OCCc2coc(C3(C)C=CC=CC3)n2)[nH]c2c1C(=O)NCC2. The van der Waals surface area contributed by atoms with E-state index in [0.29, 0.717) is 65.8 Å². The topological polar surface area (TPSA) is 114 Å². The van der Waals surface area contributed by atoms with E-state index in [-0.39, 0.29) is 17.1 Å². The molecule has 1 aliphatic carbocycles. The summed E-state index contributed by atoms with van der Waals surface area (Å²) >= 11 is 0. The molecule has 9 nitrogen and oxygen atoms in total. The standard InChI is InChI=1S/C31H30FN5O4/c1-31(12-4-3-5-13-31)30-35-19(18-41-30)11-16-40-24-17-33-14-9-20(24)26-27(25-22(36-26)10-15-34-29(25)38)37-23-8-6-7-21(32)28(23)39-2/h3-9,12,14,17-18,36-37H,10-11,13,15-16H2,1-2H3,(H,34,38). The molecule has 0 bridgehead atoms. The van der Waals surface area contributed by atoms with Gasteiger partial charge in [0.25, 0.3) is 5.91 Å². The van der Waals surface area contributed by atoms with E-state index in [0.717, 1.165) is 17.8 Å². The van der Waals surface area contributed by atoms with Crippen LogP contribution in [0.5, 0.6) is 11.5 Å². The monoisotopic (exact) mass is 555 g/mol. The van der Waals surface area contributed by atoms with Gasteiger partial charge in [0.2, 0.25) is 5.89 Å². The lowest BCUT2D eigenvalue weighted by molar-refractivity contribution is 0.0947. The number of para-hydroxylation sites is 1. The van der Waals surface area contributed by atoms with Crippen LogP contribution in [0, 0.1) is 5.82 Å². The molecular weight excluding hydrogens is 525 g/mol. The van der Waals surface area contributed by atoms with Crippen LogP contribution in [0.1, 0.15) is 41.0 Å². The summed E-state index contributed by atoms with van der Waals surface area (Å²) in [4.78, 5) is 25.3. The Morgan fingerprint density at radius 2 is 2.15 bits per heavy atom. The fourth-order valence-corrected chi connectivity index (χ4v) is 5.19. The maximum Gasteiger partial charge on any atom is 0.255 e. The Balaban J connectivity index is 1.28. The number of carbonyl (C=O) groups excluding carboxylic acids is 1. The van der Waals surface area contributed by atoms with Crippen molar-refractivity contribution >= 4 is 17.3 Å². The van der Waals surface area contributed by atoms with Gasteiger partial charge >= 0.3 is 0 Å². The number of hydrogen-bond acceptors (Lipinski definition) is 7. The second kappa shape index (κ2) is 11.0. The van der Waals surface area contributed by atoms with E-state index >= 15 is 0 Å². The van der Waals surface area contributed by atoms with E-state index in [4.69, 9.17) is 18.9 Å². The second-order valence-corrected chi connectivity index (χ2v) is 10.2. The number of anilines is 2. The third-order valence-electron chi connectivity index (χ3n) is 7.36. The van der Waals surface area contributed by atoms with Crippen molar-refractivity contribution < 1.29 is 23.1 Å². The lowest BCUT2D eigenvalue weighted by Crippen LogP contribution is -2.31. The van der Waals surface area contributed by atoms with Crippen molar-refractivity contribution in [2.45, 2.75) is 31.6 Å². The molecule has 1 unspecified atom stereocenters. The van der Waals surface area contributed by atoms with Gasteiger partial charge < -0.3 is 29.5 Å². The van der Waals surface area contributed by atoms with E-state index in [2.05, 4.69) is 39.7 Å². The minimum atomic E-state index is -0.512. The zero-order valence-electron chi connectivity index (χ0n) is 22.8. The van der Waals surface area contributed by atoms with Crippen LogP contribution in [0.2, 0.25) is 0 Å². The number of benzene rings is 1. The molecule has 1 atom stereocenters. The van der Waals surface area contributed by atoms with Crippen LogP contribution in [-0.2, 0) is 18.3 Å². The largest absolute Gasteiger partial charge is 0.492 e. The van der Waals surface area contributed by atoms with Gasteiger partial charge in [0, 0.05) is 36.8 Å². The highest BCUT2D eigenvalue weighted by Gasteiger charge is 2.30. The number of fused-ring (bicyclic) bond motifs is 1. The van der Waals surface area contributed by atoms with Crippen LogP contribution in [0.15, 0.2) is 71.6 Å². The number of carbonyl (C=O) groups is 1. The number of nitrogens with zero attached hydrogens (tertiary/aromatic N) is 2. The number of methoxy groups -OCH3 is 1. The molecule has 1 aliphatic heterocycles. The number of rotatable bonds is 9. The summed E-state index contributed by atoms with van der Waals surface area (Å²) in [5, 5.41) is 6.14. The Bertz CT molecular complexity index is 1660. The van der Waals surface area contributed by atoms with Crippen molar-refractivity contribution in [1.29, 1.82) is 0 Å². The molecule has 2 aliphatic rings. The summed E-state index contributed by atoms with van der Waals surface area (Å²) in [6, 6.07) is 6.41. The van der Waals surface area contributed by atoms with Crippen LogP contribution in [0.25, 0.3) is 11.3 Å². The fraction of sp³-hybridized carbons (Fsp3) is 0.258. The van der Waals surface area contributed by atoms with Crippen molar-refractivity contribution in [1.82, 2.24) is 20.3 Å². The van der Waals surface area contributed by atoms with Gasteiger partial charge in [-0.2, -0.15) is 0 Å². The molecule has 4 heterocycles. The Morgan fingerprint density at radius 1 is 1.24 bits per heavy atom. The molecule has 6 rings (SSSR count). The maximum atomic E-state index is 14.5. The van der Waals surface area contributed by atoms with Crippen molar-refractivity contribution in [2.75, 3.05) is 25.6 Å². The molecule has 0 radical (unpaired) electrons. The summed E-state index contributed by atoms with van der Waals surface area (Å²) in [5.74, 6) is 0.519. The van der Waals surface area contributed by atoms with Crippen molar-refractivity contribution in [3.63, 3.8) is 0 Å². The third kappa shape index (κ3) is 5.08. The molecule has 0 saturated heterocycles. The van der Waals surface area contributed by atoms with Gasteiger partial charge in [-0.3, -0.25) is 9.78 Å². The molecule has 41 heavy (non-hydrogen) atoms. The molecule has 1 aromatic carbocycles. The van der Waals surface area contributed by atoms with E-state index < -0.39 is 5.82 Å². The number of nitrogens with one attached hydrogen (secondary N) is 3. The Labute approximate surface area is 236 Å². The van der Waals surface area contributed by atoms with Gasteiger partial charge in [0.15, 0.2) is 11.6 Å². The summed E-state index contributed by atoms with van der Waals surface area (Å²) in [6.07, 6.45) is 15.2. The molecule has 4 aromatic rings. The molecule has 210 valence electrons. The van der Waals surface area contributed by atoms with E-state index in [9.17, 15) is 9.18 Å². The first-order valence-electron chi connectivity index (χ1n) is 13.5. The number of amides is 1. The van der Waals surface area contributed by atoms with Gasteiger partial charge in [-0.05, 0) is 31.5 Å². The Morgan fingerprint density at radius 3 is 2.98 bits per heavy atom. The average molecular weight is 556 g/mol. The fourth-order valence-electron chi connectivity index (χ4n) is 5.19. The van der Waals surface area contributed by atoms with Crippen LogP contribution in [-0.4, -0.2) is 41.1 Å². The van der Waals surface area contributed by atoms with E-state index in [1.54, 1.807) is 30.8 Å². The number of ether oxygens (including phenoxy) is 2. The Hall–Kier alpha value is -4.86. The number of allylic oxidation sites excluding steroid dienone is 4. The zero-order valence-corrected chi connectivity index (χ0v) is 22.8. The molecule has 3 N–H and O–H groups in total. The zero-order chi connectivity index (χ0) is 28.4. The molecule has 0 fully saturated rings. The molecule has 10 heteroatoms.